The van der Waals surface area contributed by atoms with Gasteiger partial charge in [-0.2, -0.15) is 18.4 Å². The van der Waals surface area contributed by atoms with Crippen molar-refractivity contribution in [2.24, 2.45) is 0 Å². The lowest BCUT2D eigenvalue weighted by molar-refractivity contribution is -0.137. The van der Waals surface area contributed by atoms with Gasteiger partial charge in [0.25, 0.3) is 0 Å². The van der Waals surface area contributed by atoms with Gasteiger partial charge in [0, 0.05) is 37.2 Å². The van der Waals surface area contributed by atoms with Crippen LogP contribution in [0.1, 0.15) is 29.5 Å². The number of nitrogens with one attached hydrogen (secondary N) is 1. The summed E-state index contributed by atoms with van der Waals surface area (Å²) in [7, 11) is 0. The highest BCUT2D eigenvalue weighted by atomic mass is 32.2. The molecule has 0 amide bonds. The van der Waals surface area contributed by atoms with E-state index in [1.54, 1.807) is 34.7 Å². The van der Waals surface area contributed by atoms with Gasteiger partial charge in [-0.25, -0.2) is 15.0 Å². The van der Waals surface area contributed by atoms with Gasteiger partial charge in [0.05, 0.1) is 18.0 Å². The van der Waals surface area contributed by atoms with Gasteiger partial charge >= 0.3 is 6.18 Å². The predicted octanol–water partition coefficient (Wildman–Crippen LogP) is 4.68. The number of aryl methyl sites for hydroxylation is 1. The van der Waals surface area contributed by atoms with E-state index in [9.17, 15) is 13.2 Å². The molecule has 0 spiro atoms. The van der Waals surface area contributed by atoms with Crippen LogP contribution in [0.15, 0.2) is 36.9 Å². The number of nitriles is 1. The quantitative estimate of drug-likeness (QED) is 0.539. The van der Waals surface area contributed by atoms with E-state index in [0.717, 1.165) is 37.7 Å². The molecule has 0 bridgehead atoms. The highest BCUT2D eigenvalue weighted by molar-refractivity contribution is 7.96. The molecule has 1 saturated heterocycles. The summed E-state index contributed by atoms with van der Waals surface area (Å²) in [6, 6.07) is 7.26. The first-order chi connectivity index (χ1) is 15.8. The van der Waals surface area contributed by atoms with Gasteiger partial charge in [-0.15, -0.1) is 0 Å². The molecule has 1 aliphatic rings. The summed E-state index contributed by atoms with van der Waals surface area (Å²) in [5.41, 5.74) is 0.906. The van der Waals surface area contributed by atoms with Crippen LogP contribution in [0.2, 0.25) is 0 Å². The molecule has 2 aromatic heterocycles. The average Bonchev–Trinajstić information content (AvgIpc) is 3.28. The molecule has 11 heteroatoms. The first-order valence-electron chi connectivity index (χ1n) is 10.3. The van der Waals surface area contributed by atoms with Gasteiger partial charge in [0.2, 0.25) is 5.95 Å². The normalized spacial score (nSPS) is 15.4. The lowest BCUT2D eigenvalue weighted by atomic mass is 10.1. The number of aromatic nitrogens is 4. The molecule has 1 fully saturated rings. The first kappa shape index (κ1) is 23.1. The molecule has 0 unspecified atom stereocenters. The number of benzene rings is 1. The molecule has 0 saturated carbocycles. The number of rotatable bonds is 5. The van der Waals surface area contributed by atoms with Crippen LogP contribution in [0.3, 0.4) is 0 Å². The third kappa shape index (κ3) is 5.12. The molecule has 3 aromatic rings. The van der Waals surface area contributed by atoms with E-state index in [-0.39, 0.29) is 23.4 Å². The zero-order chi connectivity index (χ0) is 23.6. The summed E-state index contributed by atoms with van der Waals surface area (Å²) < 4.78 is 45.0. The summed E-state index contributed by atoms with van der Waals surface area (Å²) in [5.74, 6) is 0.157. The van der Waals surface area contributed by atoms with Crippen LogP contribution in [0.25, 0.3) is 17.1 Å². The van der Waals surface area contributed by atoms with Gasteiger partial charge in [-0.1, -0.05) is 11.9 Å². The Kier molecular flexibility index (Phi) is 6.58. The minimum Gasteiger partial charge on any atom is -0.351 e. The van der Waals surface area contributed by atoms with E-state index in [4.69, 9.17) is 5.26 Å². The van der Waals surface area contributed by atoms with E-state index in [2.05, 4.69) is 30.6 Å². The Bertz CT molecular complexity index is 1180. The maximum atomic E-state index is 13.7. The molecule has 1 N–H and O–H groups in total. The number of hydrogen-bond donors (Lipinski definition) is 1. The summed E-state index contributed by atoms with van der Waals surface area (Å²) in [6.45, 7) is 3.60. The van der Waals surface area contributed by atoms with Crippen molar-refractivity contribution >= 4 is 17.9 Å². The Balaban J connectivity index is 1.65. The van der Waals surface area contributed by atoms with Crippen molar-refractivity contribution < 1.29 is 13.2 Å². The molecule has 33 heavy (non-hydrogen) atoms. The van der Waals surface area contributed by atoms with Gasteiger partial charge < -0.3 is 9.88 Å². The van der Waals surface area contributed by atoms with E-state index >= 15 is 0 Å². The third-order valence-electron chi connectivity index (χ3n) is 5.57. The molecule has 1 aliphatic heterocycles. The van der Waals surface area contributed by atoms with Crippen LogP contribution in [0.4, 0.5) is 19.1 Å². The highest BCUT2D eigenvalue weighted by Crippen LogP contribution is 2.36. The Morgan fingerprint density at radius 2 is 1.97 bits per heavy atom. The Labute approximate surface area is 193 Å². The fourth-order valence-corrected chi connectivity index (χ4v) is 4.39. The van der Waals surface area contributed by atoms with Crippen LogP contribution in [0.5, 0.6) is 0 Å². The van der Waals surface area contributed by atoms with Crippen molar-refractivity contribution in [1.82, 2.24) is 23.8 Å². The van der Waals surface area contributed by atoms with Gasteiger partial charge in [-0.05, 0) is 49.8 Å². The molecular weight excluding hydrogens is 451 g/mol. The standard InChI is InChI=1S/C22H22F3N7S/c1-14-9-15(10-26)3-4-19(14)31-12-18(28-13-31)20-17(22(23,24)25)11-27-21(30-20)29-16-5-7-32(33-2)8-6-16/h3-4,9,11-13,16H,5-8H2,1-2H3,(H,27,29,30). The maximum Gasteiger partial charge on any atom is 0.420 e. The van der Waals surface area contributed by atoms with Crippen molar-refractivity contribution in [3.8, 4) is 23.1 Å². The Hall–Kier alpha value is -3.10. The van der Waals surface area contributed by atoms with Crippen molar-refractivity contribution in [2.75, 3.05) is 24.7 Å². The smallest absolute Gasteiger partial charge is 0.351 e. The number of nitrogens with zero attached hydrogens (tertiary/aromatic N) is 6. The largest absolute Gasteiger partial charge is 0.420 e. The van der Waals surface area contributed by atoms with Crippen molar-refractivity contribution in [2.45, 2.75) is 32.0 Å². The second kappa shape index (κ2) is 9.41. The van der Waals surface area contributed by atoms with E-state index in [0.29, 0.717) is 11.3 Å². The number of hydrogen-bond acceptors (Lipinski definition) is 7. The van der Waals surface area contributed by atoms with Crippen molar-refractivity contribution in [3.05, 3.63) is 53.6 Å². The predicted molar refractivity (Wildman–Crippen MR) is 121 cm³/mol. The number of piperidine rings is 1. The van der Waals surface area contributed by atoms with Crippen molar-refractivity contribution in [3.63, 3.8) is 0 Å². The van der Waals surface area contributed by atoms with E-state index in [1.165, 1.54) is 12.5 Å². The monoisotopic (exact) mass is 473 g/mol. The SMILES string of the molecule is CSN1CCC(Nc2ncc(C(F)(F)F)c(-c3cn(-c4ccc(C#N)cc4C)cn3)n2)CC1. The van der Waals surface area contributed by atoms with Crippen molar-refractivity contribution in [1.29, 1.82) is 5.26 Å². The zero-order valence-corrected chi connectivity index (χ0v) is 18.9. The number of halogens is 3. The number of anilines is 1. The molecule has 4 rings (SSSR count). The van der Waals surface area contributed by atoms with Crippen LogP contribution in [-0.4, -0.2) is 49.2 Å². The summed E-state index contributed by atoms with van der Waals surface area (Å²) >= 11 is 1.68. The highest BCUT2D eigenvalue weighted by Gasteiger charge is 2.36. The zero-order valence-electron chi connectivity index (χ0n) is 18.1. The molecule has 3 heterocycles. The molecule has 7 nitrogen and oxygen atoms in total. The molecule has 0 radical (unpaired) electrons. The minimum absolute atomic E-state index is 0.0914. The average molecular weight is 474 g/mol. The second-order valence-corrected chi connectivity index (χ2v) is 8.64. The van der Waals surface area contributed by atoms with Crippen LogP contribution >= 0.6 is 11.9 Å². The Morgan fingerprint density at radius 1 is 1.21 bits per heavy atom. The Morgan fingerprint density at radius 3 is 2.61 bits per heavy atom. The minimum atomic E-state index is -4.62. The lowest BCUT2D eigenvalue weighted by Gasteiger charge is -2.30. The van der Waals surface area contributed by atoms with E-state index < -0.39 is 11.7 Å². The van der Waals surface area contributed by atoms with E-state index in [1.807, 2.05) is 13.2 Å². The van der Waals surface area contributed by atoms with Crippen LogP contribution in [-0.2, 0) is 6.18 Å². The van der Waals surface area contributed by atoms with Crippen LogP contribution in [0, 0.1) is 18.3 Å². The fraction of sp³-hybridized carbons (Fsp3) is 0.364. The molecule has 0 aliphatic carbocycles. The summed E-state index contributed by atoms with van der Waals surface area (Å²) in [5, 5.41) is 12.2. The first-order valence-corrected chi connectivity index (χ1v) is 11.5. The topological polar surface area (TPSA) is 82.7 Å². The van der Waals surface area contributed by atoms with Gasteiger partial charge in [0.1, 0.15) is 17.0 Å². The number of imidazole rings is 1. The number of alkyl halides is 3. The molecule has 1 aromatic carbocycles. The molecule has 0 atom stereocenters. The third-order valence-corrected chi connectivity index (χ3v) is 6.45. The lowest BCUT2D eigenvalue weighted by Crippen LogP contribution is -2.35. The maximum absolute atomic E-state index is 13.7. The van der Waals surface area contributed by atoms with Gasteiger partial charge in [0.15, 0.2) is 0 Å². The summed E-state index contributed by atoms with van der Waals surface area (Å²) in [6.07, 6.45) is 2.88. The molecule has 172 valence electrons. The van der Waals surface area contributed by atoms with Crippen LogP contribution < -0.4 is 5.32 Å². The second-order valence-electron chi connectivity index (χ2n) is 7.76. The fourth-order valence-electron chi connectivity index (χ4n) is 3.81. The summed E-state index contributed by atoms with van der Waals surface area (Å²) in [4.78, 5) is 12.4. The van der Waals surface area contributed by atoms with Gasteiger partial charge in [-0.3, -0.25) is 4.31 Å². The molecular formula is C22H22F3N7S.